The van der Waals surface area contributed by atoms with Crippen molar-refractivity contribution in [1.29, 1.82) is 0 Å². The Morgan fingerprint density at radius 1 is 1.09 bits per heavy atom. The van der Waals surface area contributed by atoms with Crippen LogP contribution in [-0.4, -0.2) is 27.2 Å². The average molecular weight is 303 g/mol. The topological polar surface area (TPSA) is 130 Å². The normalized spacial score (nSPS) is 10.2. The number of carbonyl (C=O) groups excluding carboxylic acids is 1. The Morgan fingerprint density at radius 2 is 1.82 bits per heavy atom. The first-order valence-electron chi connectivity index (χ1n) is 6.18. The number of carbonyl (C=O) groups is 2. The summed E-state index contributed by atoms with van der Waals surface area (Å²) in [4.78, 5) is 21.9. The van der Waals surface area contributed by atoms with Gasteiger partial charge in [0.05, 0.1) is 11.1 Å². The summed E-state index contributed by atoms with van der Waals surface area (Å²) in [6, 6.07) is 7.86. The molecular weight excluding hydrogens is 290 g/mol. The van der Waals surface area contributed by atoms with E-state index in [1.807, 2.05) is 0 Å². The molecule has 114 valence electrons. The molecule has 0 atom stereocenters. The summed E-state index contributed by atoms with van der Waals surface area (Å²) in [5.74, 6) is -2.28. The first-order valence-corrected chi connectivity index (χ1v) is 6.18. The first kappa shape index (κ1) is 15.2. The maximum absolute atomic E-state index is 11.0. The Labute approximate surface area is 125 Å². The van der Waals surface area contributed by atoms with Crippen LogP contribution in [0, 0.1) is 0 Å². The summed E-state index contributed by atoms with van der Waals surface area (Å²) in [7, 11) is 0. The molecule has 0 saturated heterocycles. The van der Waals surface area contributed by atoms with Gasteiger partial charge in [-0.2, -0.15) is 0 Å². The van der Waals surface area contributed by atoms with Crippen LogP contribution in [0.4, 0.5) is 0 Å². The average Bonchev–Trinajstić information content (AvgIpc) is 2.44. The fourth-order valence-corrected chi connectivity index (χ4v) is 1.83. The van der Waals surface area contributed by atoms with Crippen molar-refractivity contribution >= 4 is 11.9 Å². The van der Waals surface area contributed by atoms with Crippen molar-refractivity contribution in [3.63, 3.8) is 0 Å². The maximum atomic E-state index is 11.0. The fourth-order valence-electron chi connectivity index (χ4n) is 1.83. The van der Waals surface area contributed by atoms with Crippen LogP contribution in [-0.2, 0) is 6.61 Å². The number of carboxylic acids is 1. The van der Waals surface area contributed by atoms with Gasteiger partial charge < -0.3 is 25.8 Å². The molecule has 0 fully saturated rings. The number of aromatic hydroxyl groups is 2. The lowest BCUT2D eigenvalue weighted by molar-refractivity contribution is 0.0695. The van der Waals surface area contributed by atoms with Gasteiger partial charge >= 0.3 is 5.97 Å². The molecule has 7 heteroatoms. The number of nitrogens with two attached hydrogens (primary N) is 1. The zero-order valence-electron chi connectivity index (χ0n) is 11.3. The fraction of sp³-hybridized carbons (Fsp3) is 0.0667. The summed E-state index contributed by atoms with van der Waals surface area (Å²) < 4.78 is 5.37. The van der Waals surface area contributed by atoms with Crippen molar-refractivity contribution in [2.75, 3.05) is 0 Å². The third-order valence-corrected chi connectivity index (χ3v) is 2.87. The van der Waals surface area contributed by atoms with Gasteiger partial charge in [-0.3, -0.25) is 4.79 Å². The van der Waals surface area contributed by atoms with E-state index in [0.717, 1.165) is 6.07 Å². The molecule has 22 heavy (non-hydrogen) atoms. The molecule has 5 N–H and O–H groups in total. The minimum atomic E-state index is -1.19. The molecule has 0 aromatic heterocycles. The van der Waals surface area contributed by atoms with Crippen molar-refractivity contribution in [2.24, 2.45) is 5.73 Å². The number of ether oxygens (including phenoxy) is 1. The SMILES string of the molecule is NC(=O)c1ccc(COc2cc(O)cc(C(=O)O)c2)cc1O. The molecule has 0 aliphatic heterocycles. The van der Waals surface area contributed by atoms with Crippen LogP contribution in [0.3, 0.4) is 0 Å². The Bertz CT molecular complexity index is 741. The van der Waals surface area contributed by atoms with Crippen molar-refractivity contribution in [2.45, 2.75) is 6.61 Å². The molecule has 0 saturated carbocycles. The largest absolute Gasteiger partial charge is 0.508 e. The number of phenols is 2. The van der Waals surface area contributed by atoms with Crippen LogP contribution in [0.5, 0.6) is 17.2 Å². The lowest BCUT2D eigenvalue weighted by atomic mass is 10.1. The molecule has 2 aromatic rings. The monoisotopic (exact) mass is 303 g/mol. The zero-order chi connectivity index (χ0) is 16.3. The molecule has 0 unspecified atom stereocenters. The van der Waals surface area contributed by atoms with E-state index in [4.69, 9.17) is 15.6 Å². The second kappa shape index (κ2) is 6.04. The van der Waals surface area contributed by atoms with Crippen LogP contribution in [0.25, 0.3) is 0 Å². The standard InChI is InChI=1S/C15H13NO6/c16-14(19)12-2-1-8(3-13(12)18)7-22-11-5-9(15(20)21)4-10(17)6-11/h1-6,17-18H,7H2,(H2,16,19)(H,20,21). The number of benzene rings is 2. The van der Waals surface area contributed by atoms with E-state index in [-0.39, 0.29) is 35.0 Å². The van der Waals surface area contributed by atoms with Gasteiger partial charge in [-0.1, -0.05) is 6.07 Å². The highest BCUT2D eigenvalue weighted by Gasteiger charge is 2.10. The van der Waals surface area contributed by atoms with Crippen LogP contribution in [0.2, 0.25) is 0 Å². The number of aromatic carboxylic acids is 1. The predicted octanol–water partition coefficient (Wildman–Crippen LogP) is 1.47. The number of phenolic OH excluding ortho intramolecular Hbond substituents is 1. The van der Waals surface area contributed by atoms with Crippen molar-refractivity contribution in [1.82, 2.24) is 0 Å². The van der Waals surface area contributed by atoms with Gasteiger partial charge in [0.1, 0.15) is 23.9 Å². The third kappa shape index (κ3) is 3.45. The Balaban J connectivity index is 2.15. The molecule has 0 heterocycles. The van der Waals surface area contributed by atoms with Gasteiger partial charge in [-0.15, -0.1) is 0 Å². The molecule has 2 rings (SSSR count). The lowest BCUT2D eigenvalue weighted by Gasteiger charge is -2.09. The van der Waals surface area contributed by atoms with E-state index >= 15 is 0 Å². The van der Waals surface area contributed by atoms with Crippen LogP contribution >= 0.6 is 0 Å². The molecule has 1 amide bonds. The van der Waals surface area contributed by atoms with Gasteiger partial charge in [0.25, 0.3) is 5.91 Å². The number of carboxylic acid groups (broad SMARTS) is 1. The molecule has 0 spiro atoms. The molecule has 0 aliphatic carbocycles. The Kier molecular flexibility index (Phi) is 4.17. The number of primary amides is 1. The first-order chi connectivity index (χ1) is 10.4. The van der Waals surface area contributed by atoms with Crippen molar-refractivity contribution in [3.05, 3.63) is 53.1 Å². The number of hydrogen-bond acceptors (Lipinski definition) is 5. The summed E-state index contributed by atoms with van der Waals surface area (Å²) in [6.45, 7) is 0.00904. The second-order valence-electron chi connectivity index (χ2n) is 4.53. The van der Waals surface area contributed by atoms with E-state index in [0.29, 0.717) is 5.56 Å². The van der Waals surface area contributed by atoms with Crippen molar-refractivity contribution < 1.29 is 29.6 Å². The van der Waals surface area contributed by atoms with E-state index in [2.05, 4.69) is 0 Å². The van der Waals surface area contributed by atoms with E-state index in [1.165, 1.54) is 24.3 Å². The smallest absolute Gasteiger partial charge is 0.335 e. The molecule has 0 bridgehead atoms. The lowest BCUT2D eigenvalue weighted by Crippen LogP contribution is -2.11. The number of amides is 1. The summed E-state index contributed by atoms with van der Waals surface area (Å²) in [5, 5.41) is 28.0. The maximum Gasteiger partial charge on any atom is 0.335 e. The van der Waals surface area contributed by atoms with E-state index in [1.54, 1.807) is 6.07 Å². The summed E-state index contributed by atoms with van der Waals surface area (Å²) >= 11 is 0. The number of hydrogen-bond donors (Lipinski definition) is 4. The van der Waals surface area contributed by atoms with Crippen LogP contribution < -0.4 is 10.5 Å². The molecule has 0 aliphatic rings. The van der Waals surface area contributed by atoms with Gasteiger partial charge in [0, 0.05) is 6.07 Å². The number of rotatable bonds is 5. The van der Waals surface area contributed by atoms with Gasteiger partial charge in [0.15, 0.2) is 0 Å². The van der Waals surface area contributed by atoms with Gasteiger partial charge in [-0.25, -0.2) is 4.79 Å². The molecule has 7 nitrogen and oxygen atoms in total. The minimum absolute atomic E-state index is 0.00531. The van der Waals surface area contributed by atoms with Crippen LogP contribution in [0.1, 0.15) is 26.3 Å². The van der Waals surface area contributed by atoms with Gasteiger partial charge in [0.2, 0.25) is 0 Å². The Hall–Kier alpha value is -3.22. The highest BCUT2D eigenvalue weighted by molar-refractivity contribution is 5.95. The third-order valence-electron chi connectivity index (χ3n) is 2.87. The highest BCUT2D eigenvalue weighted by atomic mass is 16.5. The second-order valence-corrected chi connectivity index (χ2v) is 4.53. The molecular formula is C15H13NO6. The predicted molar refractivity (Wildman–Crippen MR) is 76.0 cm³/mol. The quantitative estimate of drug-likeness (QED) is 0.661. The summed E-state index contributed by atoms with van der Waals surface area (Å²) in [5.41, 5.74) is 5.51. The molecule has 2 aromatic carbocycles. The summed E-state index contributed by atoms with van der Waals surface area (Å²) in [6.07, 6.45) is 0. The minimum Gasteiger partial charge on any atom is -0.508 e. The van der Waals surface area contributed by atoms with Gasteiger partial charge in [-0.05, 0) is 29.8 Å². The van der Waals surface area contributed by atoms with E-state index < -0.39 is 11.9 Å². The van der Waals surface area contributed by atoms with Crippen molar-refractivity contribution in [3.8, 4) is 17.2 Å². The zero-order valence-corrected chi connectivity index (χ0v) is 11.3. The Morgan fingerprint density at radius 3 is 2.41 bits per heavy atom. The van der Waals surface area contributed by atoms with Crippen LogP contribution in [0.15, 0.2) is 36.4 Å². The molecule has 0 radical (unpaired) electrons. The van der Waals surface area contributed by atoms with E-state index in [9.17, 15) is 19.8 Å². The highest BCUT2D eigenvalue weighted by Crippen LogP contribution is 2.24.